The highest BCUT2D eigenvalue weighted by Crippen LogP contribution is 2.24. The number of rotatable bonds is 5. The van der Waals surface area contributed by atoms with E-state index in [2.05, 4.69) is 21.7 Å². The van der Waals surface area contributed by atoms with Crippen LogP contribution in [-0.4, -0.2) is 34.9 Å². The maximum Gasteiger partial charge on any atom is 0.404 e. The van der Waals surface area contributed by atoms with Crippen LogP contribution in [-0.2, 0) is 0 Å². The van der Waals surface area contributed by atoms with Gasteiger partial charge in [0.05, 0.1) is 6.61 Å². The number of nitrogens with zero attached hydrogens (tertiary/aromatic N) is 2. The molecule has 1 aliphatic carbocycles. The van der Waals surface area contributed by atoms with Crippen molar-refractivity contribution in [3.05, 3.63) is 17.7 Å². The maximum atomic E-state index is 10.6. The molecule has 0 unspecified atom stereocenters. The third-order valence-corrected chi connectivity index (χ3v) is 3.67. The number of nitriles is 1. The van der Waals surface area contributed by atoms with Crippen molar-refractivity contribution in [2.24, 2.45) is 0 Å². The van der Waals surface area contributed by atoms with Gasteiger partial charge in [0.25, 0.3) is 0 Å². The molecular weight excluding hydrogens is 284 g/mol. The molecule has 0 saturated heterocycles. The Kier molecular flexibility index (Phi) is 5.42. The minimum atomic E-state index is -0.966. The van der Waals surface area contributed by atoms with Crippen LogP contribution in [0.3, 0.4) is 0 Å². The Bertz CT molecular complexity index is 562. The number of hydrogen-bond donors (Lipinski definition) is 3. The van der Waals surface area contributed by atoms with Crippen LogP contribution in [0.2, 0.25) is 0 Å². The SMILES string of the molecule is CCOc1nc(NC2CCC(NC(=O)O)CC2)ccc1C#N. The minimum Gasteiger partial charge on any atom is -0.477 e. The summed E-state index contributed by atoms with van der Waals surface area (Å²) in [4.78, 5) is 15.0. The summed E-state index contributed by atoms with van der Waals surface area (Å²) in [7, 11) is 0. The molecule has 0 atom stereocenters. The Balaban J connectivity index is 1.93. The second kappa shape index (κ2) is 7.50. The van der Waals surface area contributed by atoms with E-state index in [0.717, 1.165) is 25.7 Å². The first kappa shape index (κ1) is 15.9. The number of anilines is 1. The van der Waals surface area contributed by atoms with E-state index < -0.39 is 6.09 Å². The van der Waals surface area contributed by atoms with Crippen LogP contribution in [0.5, 0.6) is 5.88 Å². The molecule has 1 heterocycles. The predicted octanol–water partition coefficient (Wildman–Crippen LogP) is 2.34. The van der Waals surface area contributed by atoms with Crippen molar-refractivity contribution in [2.45, 2.75) is 44.7 Å². The molecule has 118 valence electrons. The summed E-state index contributed by atoms with van der Waals surface area (Å²) in [6.07, 6.45) is 2.39. The molecule has 3 N–H and O–H groups in total. The number of amides is 1. The van der Waals surface area contributed by atoms with Crippen LogP contribution in [0.15, 0.2) is 12.1 Å². The number of carboxylic acid groups (broad SMARTS) is 1. The number of hydrogen-bond acceptors (Lipinski definition) is 5. The van der Waals surface area contributed by atoms with E-state index in [4.69, 9.17) is 15.1 Å². The van der Waals surface area contributed by atoms with Crippen molar-refractivity contribution in [3.8, 4) is 11.9 Å². The van der Waals surface area contributed by atoms with E-state index in [1.807, 2.05) is 6.92 Å². The fraction of sp³-hybridized carbons (Fsp3) is 0.533. The Morgan fingerprint density at radius 3 is 2.68 bits per heavy atom. The number of ether oxygens (including phenoxy) is 1. The fourth-order valence-electron chi connectivity index (χ4n) is 2.62. The van der Waals surface area contributed by atoms with Crippen molar-refractivity contribution >= 4 is 11.9 Å². The van der Waals surface area contributed by atoms with Gasteiger partial charge in [0.1, 0.15) is 17.5 Å². The zero-order chi connectivity index (χ0) is 15.9. The summed E-state index contributed by atoms with van der Waals surface area (Å²) >= 11 is 0. The van der Waals surface area contributed by atoms with Gasteiger partial charge >= 0.3 is 6.09 Å². The van der Waals surface area contributed by atoms with Gasteiger partial charge in [-0.3, -0.25) is 0 Å². The molecule has 7 nitrogen and oxygen atoms in total. The normalized spacial score (nSPS) is 20.7. The second-order valence-corrected chi connectivity index (χ2v) is 5.24. The van der Waals surface area contributed by atoms with Gasteiger partial charge in [0, 0.05) is 12.1 Å². The monoisotopic (exact) mass is 304 g/mol. The molecule has 1 aliphatic rings. The molecule has 1 aromatic rings. The van der Waals surface area contributed by atoms with Gasteiger partial charge in [-0.1, -0.05) is 0 Å². The van der Waals surface area contributed by atoms with Crippen molar-refractivity contribution in [3.63, 3.8) is 0 Å². The largest absolute Gasteiger partial charge is 0.477 e. The van der Waals surface area contributed by atoms with Crippen LogP contribution in [0.25, 0.3) is 0 Å². The van der Waals surface area contributed by atoms with Gasteiger partial charge in [-0.05, 0) is 44.7 Å². The molecule has 0 aliphatic heterocycles. The van der Waals surface area contributed by atoms with Crippen molar-refractivity contribution in [1.29, 1.82) is 5.26 Å². The van der Waals surface area contributed by atoms with Crippen molar-refractivity contribution in [1.82, 2.24) is 10.3 Å². The number of nitrogens with one attached hydrogen (secondary N) is 2. The van der Waals surface area contributed by atoms with Crippen LogP contribution >= 0.6 is 0 Å². The molecule has 0 radical (unpaired) electrons. The van der Waals surface area contributed by atoms with E-state index in [1.54, 1.807) is 12.1 Å². The quantitative estimate of drug-likeness (QED) is 0.770. The summed E-state index contributed by atoms with van der Waals surface area (Å²) in [6.45, 7) is 2.30. The number of pyridine rings is 1. The lowest BCUT2D eigenvalue weighted by molar-refractivity contribution is 0.185. The molecule has 22 heavy (non-hydrogen) atoms. The predicted molar refractivity (Wildman–Crippen MR) is 80.9 cm³/mol. The molecule has 1 saturated carbocycles. The number of aromatic nitrogens is 1. The first-order valence-corrected chi connectivity index (χ1v) is 7.42. The Morgan fingerprint density at radius 1 is 1.41 bits per heavy atom. The summed E-state index contributed by atoms with van der Waals surface area (Å²) < 4.78 is 5.37. The van der Waals surface area contributed by atoms with Gasteiger partial charge in [-0.2, -0.15) is 10.2 Å². The highest BCUT2D eigenvalue weighted by atomic mass is 16.5. The third-order valence-electron chi connectivity index (χ3n) is 3.67. The number of carbonyl (C=O) groups is 1. The zero-order valence-corrected chi connectivity index (χ0v) is 12.5. The van der Waals surface area contributed by atoms with E-state index in [9.17, 15) is 4.79 Å². The van der Waals surface area contributed by atoms with Gasteiger partial charge in [-0.25, -0.2) is 4.79 Å². The molecule has 0 spiro atoms. The highest BCUT2D eigenvalue weighted by Gasteiger charge is 2.22. The highest BCUT2D eigenvalue weighted by molar-refractivity contribution is 5.64. The lowest BCUT2D eigenvalue weighted by atomic mass is 9.91. The molecule has 2 rings (SSSR count). The Morgan fingerprint density at radius 2 is 2.09 bits per heavy atom. The molecule has 1 fully saturated rings. The Hall–Kier alpha value is -2.49. The van der Waals surface area contributed by atoms with Crippen LogP contribution in [0.4, 0.5) is 10.6 Å². The molecule has 7 heteroatoms. The van der Waals surface area contributed by atoms with Gasteiger partial charge < -0.3 is 20.5 Å². The molecule has 1 amide bonds. The lowest BCUT2D eigenvalue weighted by Crippen LogP contribution is -2.39. The fourth-order valence-corrected chi connectivity index (χ4v) is 2.62. The molecular formula is C15H20N4O3. The second-order valence-electron chi connectivity index (χ2n) is 5.24. The average Bonchev–Trinajstić information content (AvgIpc) is 2.49. The van der Waals surface area contributed by atoms with Crippen molar-refractivity contribution in [2.75, 3.05) is 11.9 Å². The van der Waals surface area contributed by atoms with E-state index >= 15 is 0 Å². The average molecular weight is 304 g/mol. The topological polar surface area (TPSA) is 107 Å². The molecule has 0 bridgehead atoms. The van der Waals surface area contributed by atoms with Crippen LogP contribution in [0.1, 0.15) is 38.2 Å². The van der Waals surface area contributed by atoms with Gasteiger partial charge in [-0.15, -0.1) is 0 Å². The summed E-state index contributed by atoms with van der Waals surface area (Å²) in [5.41, 5.74) is 0.418. The minimum absolute atomic E-state index is 0.0310. The van der Waals surface area contributed by atoms with Gasteiger partial charge in [0.2, 0.25) is 5.88 Å². The Labute approximate surface area is 129 Å². The lowest BCUT2D eigenvalue weighted by Gasteiger charge is -2.29. The van der Waals surface area contributed by atoms with E-state index in [-0.39, 0.29) is 12.1 Å². The van der Waals surface area contributed by atoms with Crippen LogP contribution in [0, 0.1) is 11.3 Å². The first-order chi connectivity index (χ1) is 10.6. The molecule has 1 aromatic heterocycles. The van der Waals surface area contributed by atoms with Crippen LogP contribution < -0.4 is 15.4 Å². The van der Waals surface area contributed by atoms with Gasteiger partial charge in [0.15, 0.2) is 0 Å². The van der Waals surface area contributed by atoms with E-state index in [1.165, 1.54) is 0 Å². The zero-order valence-electron chi connectivity index (χ0n) is 12.5. The standard InChI is InChI=1S/C15H20N4O3/c1-2-22-14-10(9-16)3-8-13(19-14)17-11-4-6-12(7-5-11)18-15(20)21/h3,8,11-12,18H,2,4-7H2,1H3,(H,17,19)(H,20,21). The van der Waals surface area contributed by atoms with Crippen molar-refractivity contribution < 1.29 is 14.6 Å². The maximum absolute atomic E-state index is 10.6. The first-order valence-electron chi connectivity index (χ1n) is 7.42. The summed E-state index contributed by atoms with van der Waals surface area (Å²) in [5.74, 6) is 1.02. The third kappa shape index (κ3) is 4.25. The van der Waals surface area contributed by atoms with E-state index in [0.29, 0.717) is 23.9 Å². The smallest absolute Gasteiger partial charge is 0.404 e. The summed E-state index contributed by atoms with van der Waals surface area (Å²) in [6, 6.07) is 5.80. The summed E-state index contributed by atoms with van der Waals surface area (Å²) in [5, 5.41) is 23.6. The molecule has 0 aromatic carbocycles.